The Bertz CT molecular complexity index is 1710. The molecule has 0 aliphatic heterocycles. The summed E-state index contributed by atoms with van der Waals surface area (Å²) in [5, 5.41) is 58.6. The number of ketones is 2. The molecule has 0 fully saturated rings. The van der Waals surface area contributed by atoms with Crippen LogP contribution in [0.5, 0.6) is 17.2 Å². The van der Waals surface area contributed by atoms with Crippen LogP contribution in [0.2, 0.25) is 0 Å². The highest BCUT2D eigenvalue weighted by atomic mass is 35.5. The number of rotatable bonds is 3. The van der Waals surface area contributed by atoms with Gasteiger partial charge >= 0.3 is 0 Å². The monoisotopic (exact) mass is 581 g/mol. The maximum atomic E-state index is 13.9. The number of hydrazone groups is 1. The number of carbonyl (C=O) groups is 3. The van der Waals surface area contributed by atoms with Gasteiger partial charge in [-0.3, -0.25) is 14.4 Å². The molecule has 3 aromatic carbocycles. The van der Waals surface area contributed by atoms with Crippen LogP contribution in [0.1, 0.15) is 44.3 Å². The number of phenolic OH excluding ortho intramolecular Hbond substituents is 3. The molecule has 3 atom stereocenters. The second kappa shape index (κ2) is 10.2. The summed E-state index contributed by atoms with van der Waals surface area (Å²) in [6, 6.07) is 7.21. The molecule has 0 spiro atoms. The Balaban J connectivity index is 0.00000387. The van der Waals surface area contributed by atoms with Crippen molar-refractivity contribution in [2.75, 3.05) is 0 Å². The number of Topliss-reactive ketones (excluding diaryl/α,β-unsaturated/α-hetero) is 2. The summed E-state index contributed by atoms with van der Waals surface area (Å²) in [6.07, 6.45) is -0.125. The molecular formula is C29H28ClN3O8. The lowest BCUT2D eigenvalue weighted by Gasteiger charge is -2.45. The molecule has 0 aromatic heterocycles. The maximum absolute atomic E-state index is 13.9. The zero-order valence-electron chi connectivity index (χ0n) is 22.2. The minimum Gasteiger partial charge on any atom is -0.508 e. The second-order valence-electron chi connectivity index (χ2n) is 10.2. The van der Waals surface area contributed by atoms with Crippen molar-refractivity contribution in [3.05, 3.63) is 75.5 Å². The summed E-state index contributed by atoms with van der Waals surface area (Å²) in [4.78, 5) is 39.7. The highest BCUT2D eigenvalue weighted by molar-refractivity contribution is 6.27. The first-order valence-corrected chi connectivity index (χ1v) is 12.4. The molecule has 0 saturated carbocycles. The second-order valence-corrected chi connectivity index (χ2v) is 10.2. The lowest BCUT2D eigenvalue weighted by atomic mass is 9.61. The van der Waals surface area contributed by atoms with Crippen LogP contribution in [0.4, 0.5) is 0 Å². The van der Waals surface area contributed by atoms with E-state index in [0.29, 0.717) is 22.1 Å². The third-order valence-corrected chi connectivity index (χ3v) is 7.94. The number of phenols is 3. The van der Waals surface area contributed by atoms with Crippen LogP contribution in [0, 0.1) is 19.8 Å². The molecule has 2 aliphatic rings. The number of hydrogen-bond acceptors (Lipinski definition) is 10. The Kier molecular flexibility index (Phi) is 7.34. The van der Waals surface area contributed by atoms with E-state index in [9.17, 15) is 39.9 Å². The first-order chi connectivity index (χ1) is 18.8. The minimum absolute atomic E-state index is 0. The maximum Gasteiger partial charge on any atom is 0.271 e. The van der Waals surface area contributed by atoms with Gasteiger partial charge in [0, 0.05) is 11.5 Å². The van der Waals surface area contributed by atoms with Crippen molar-refractivity contribution in [1.82, 2.24) is 5.43 Å². The van der Waals surface area contributed by atoms with E-state index in [0.717, 1.165) is 0 Å². The van der Waals surface area contributed by atoms with Crippen LogP contribution in [0.25, 0.3) is 10.8 Å². The Morgan fingerprint density at radius 3 is 2.29 bits per heavy atom. The van der Waals surface area contributed by atoms with Gasteiger partial charge in [0.15, 0.2) is 11.4 Å². The van der Waals surface area contributed by atoms with E-state index >= 15 is 0 Å². The van der Waals surface area contributed by atoms with E-state index in [2.05, 4.69) is 10.5 Å². The topological polar surface area (TPSA) is 203 Å². The number of aryl methyl sites for hydroxylation is 2. The number of hydrogen-bond donors (Lipinski definition) is 7. The van der Waals surface area contributed by atoms with Gasteiger partial charge in [-0.15, -0.1) is 12.4 Å². The molecule has 0 bridgehead atoms. The molecular weight excluding hydrogens is 554 g/mol. The number of carbonyl (C=O) groups excluding carboxylic acids is 3. The van der Waals surface area contributed by atoms with Crippen molar-refractivity contribution in [3.8, 4) is 17.2 Å². The van der Waals surface area contributed by atoms with Crippen molar-refractivity contribution >= 4 is 46.4 Å². The first kappa shape index (κ1) is 29.5. The van der Waals surface area contributed by atoms with Gasteiger partial charge < -0.3 is 31.3 Å². The Labute approximate surface area is 240 Å². The van der Waals surface area contributed by atoms with Gasteiger partial charge in [-0.25, -0.2) is 5.43 Å². The quantitative estimate of drug-likeness (QED) is 0.179. The van der Waals surface area contributed by atoms with E-state index < -0.39 is 52.1 Å². The number of benzene rings is 3. The van der Waals surface area contributed by atoms with Crippen molar-refractivity contribution in [2.45, 2.75) is 38.8 Å². The lowest BCUT2D eigenvalue weighted by molar-refractivity contribution is -0.122. The summed E-state index contributed by atoms with van der Waals surface area (Å²) < 4.78 is 0. The standard InChI is InChI=1S/C29H27N3O8.ClH/c1-11-4-9-16-12(2)17-10-18-22(30)25(36)19(13(3)31-32-28(39)14-5-7-15(33)8-6-14)26(37)29(18,40)27(38)21(17)24(35)20(16)23(11)34;/h4-9,18,22,33-35,37,40H,10,30H2,1-3H3,(H,32,39);1H/b31-13+;/t18-,22+,29+;/m0./s1. The van der Waals surface area contributed by atoms with Crippen molar-refractivity contribution < 1.29 is 39.9 Å². The fourth-order valence-corrected chi connectivity index (χ4v) is 5.64. The molecule has 12 heteroatoms. The zero-order valence-corrected chi connectivity index (χ0v) is 23.0. The van der Waals surface area contributed by atoms with Gasteiger partial charge in [0.1, 0.15) is 23.0 Å². The van der Waals surface area contributed by atoms with Crippen molar-refractivity contribution in [1.29, 1.82) is 0 Å². The van der Waals surface area contributed by atoms with Gasteiger partial charge in [0.2, 0.25) is 5.78 Å². The summed E-state index contributed by atoms with van der Waals surface area (Å²) in [5.41, 5.74) is 6.26. The van der Waals surface area contributed by atoms with Gasteiger partial charge in [-0.2, -0.15) is 5.10 Å². The average molecular weight is 582 g/mol. The van der Waals surface area contributed by atoms with E-state index in [4.69, 9.17) is 5.73 Å². The molecule has 11 nitrogen and oxygen atoms in total. The molecule has 0 heterocycles. The normalized spacial score (nSPS) is 22.2. The molecule has 41 heavy (non-hydrogen) atoms. The average Bonchev–Trinajstić information content (AvgIpc) is 2.92. The van der Waals surface area contributed by atoms with Gasteiger partial charge in [0.05, 0.1) is 28.3 Å². The predicted octanol–water partition coefficient (Wildman–Crippen LogP) is 2.61. The predicted molar refractivity (Wildman–Crippen MR) is 152 cm³/mol. The third-order valence-electron chi connectivity index (χ3n) is 7.94. The van der Waals surface area contributed by atoms with Gasteiger partial charge in [-0.05, 0) is 73.5 Å². The Hall–Kier alpha value is -4.45. The summed E-state index contributed by atoms with van der Waals surface area (Å²) >= 11 is 0. The number of halogens is 1. The van der Waals surface area contributed by atoms with E-state index in [-0.39, 0.29) is 52.6 Å². The number of fused-ring (bicyclic) bond motifs is 3. The van der Waals surface area contributed by atoms with Crippen LogP contribution in [0.15, 0.2) is 52.8 Å². The number of nitrogens with one attached hydrogen (secondary N) is 1. The summed E-state index contributed by atoms with van der Waals surface area (Å²) in [6.45, 7) is 4.61. The van der Waals surface area contributed by atoms with E-state index in [1.807, 2.05) is 0 Å². The number of nitrogens with zero attached hydrogens (tertiary/aromatic N) is 1. The first-order valence-electron chi connectivity index (χ1n) is 12.4. The molecule has 2 aliphatic carbocycles. The largest absolute Gasteiger partial charge is 0.508 e. The van der Waals surface area contributed by atoms with Crippen LogP contribution < -0.4 is 11.2 Å². The van der Waals surface area contributed by atoms with Crippen LogP contribution in [0.3, 0.4) is 0 Å². The number of nitrogens with two attached hydrogens (primary N) is 1. The number of aliphatic hydroxyl groups excluding tert-OH is 1. The third kappa shape index (κ3) is 4.21. The number of aliphatic hydroxyl groups is 2. The fourth-order valence-electron chi connectivity index (χ4n) is 5.64. The molecule has 3 aromatic rings. The molecule has 1 amide bonds. The van der Waals surface area contributed by atoms with E-state index in [1.165, 1.54) is 31.2 Å². The van der Waals surface area contributed by atoms with E-state index in [1.54, 1.807) is 26.0 Å². The summed E-state index contributed by atoms with van der Waals surface area (Å²) in [5.74, 6) is -5.65. The van der Waals surface area contributed by atoms with Crippen LogP contribution in [-0.2, 0) is 11.2 Å². The molecule has 214 valence electrons. The number of aromatic hydroxyl groups is 3. The minimum atomic E-state index is -2.69. The highest BCUT2D eigenvalue weighted by Crippen LogP contribution is 2.50. The molecule has 0 unspecified atom stereocenters. The zero-order chi connectivity index (χ0) is 29.3. The summed E-state index contributed by atoms with van der Waals surface area (Å²) in [7, 11) is 0. The SMILES string of the molecule is C/C(=N\NC(=O)c1ccc(O)cc1)C1=C(O)[C@@]2(O)C(=O)c3c(c(C)c4ccc(C)c(O)c4c3O)C[C@H]2[C@@H](N)C1=O.Cl. The van der Waals surface area contributed by atoms with Crippen LogP contribution in [-0.4, -0.2) is 60.4 Å². The Morgan fingerprint density at radius 2 is 1.66 bits per heavy atom. The number of amides is 1. The van der Waals surface area contributed by atoms with Crippen LogP contribution >= 0.6 is 12.4 Å². The molecule has 8 N–H and O–H groups in total. The molecule has 0 saturated heterocycles. The lowest BCUT2D eigenvalue weighted by Crippen LogP contribution is -2.63. The fraction of sp³-hybridized carbons (Fsp3) is 0.241. The Morgan fingerprint density at radius 1 is 1.02 bits per heavy atom. The smallest absolute Gasteiger partial charge is 0.271 e. The molecule has 0 radical (unpaired) electrons. The van der Waals surface area contributed by atoms with Gasteiger partial charge in [0.25, 0.3) is 5.91 Å². The van der Waals surface area contributed by atoms with Crippen molar-refractivity contribution in [2.24, 2.45) is 16.8 Å². The van der Waals surface area contributed by atoms with Gasteiger partial charge in [-0.1, -0.05) is 12.1 Å². The molecule has 5 rings (SSSR count). The highest BCUT2D eigenvalue weighted by Gasteiger charge is 2.60. The van der Waals surface area contributed by atoms with Crippen molar-refractivity contribution in [3.63, 3.8) is 0 Å².